The van der Waals surface area contributed by atoms with E-state index in [0.717, 1.165) is 0 Å². The molecule has 0 fully saturated rings. The van der Waals surface area contributed by atoms with Crippen molar-refractivity contribution in [3.8, 4) is 0 Å². The van der Waals surface area contributed by atoms with Gasteiger partial charge in [-0.2, -0.15) is 13.2 Å². The average molecular weight is 223 g/mol. The Kier molecular flexibility index (Phi) is 2.52. The van der Waals surface area contributed by atoms with Crippen molar-refractivity contribution >= 4 is 5.78 Å². The largest absolute Gasteiger partial charge is 0.502 e. The lowest BCUT2D eigenvalue weighted by atomic mass is 9.94. The van der Waals surface area contributed by atoms with Gasteiger partial charge in [-0.3, -0.25) is 14.9 Å². The molecule has 1 rings (SSSR count). The number of halogens is 3. The second-order valence-corrected chi connectivity index (χ2v) is 2.74. The number of allylic oxidation sites excluding steroid dienone is 3. The van der Waals surface area contributed by atoms with Gasteiger partial charge in [0, 0.05) is 0 Å². The molecule has 0 aromatic rings. The number of rotatable bonds is 1. The molecule has 0 amide bonds. The number of carbonyl (C=O) groups excluding carboxylic acids is 1. The Hall–Kier alpha value is -1.86. The highest BCUT2D eigenvalue weighted by Gasteiger charge is 2.54. The lowest BCUT2D eigenvalue weighted by Gasteiger charge is -2.17. The van der Waals surface area contributed by atoms with Gasteiger partial charge < -0.3 is 5.11 Å². The third-order valence-electron chi connectivity index (χ3n) is 1.75. The van der Waals surface area contributed by atoms with Crippen LogP contribution in [0.4, 0.5) is 13.2 Å². The highest BCUT2D eigenvalue weighted by atomic mass is 19.4. The molecular formula is C7H4F3NO4. The Morgan fingerprint density at radius 2 is 1.93 bits per heavy atom. The molecule has 0 aliphatic heterocycles. The van der Waals surface area contributed by atoms with Crippen molar-refractivity contribution in [1.82, 2.24) is 0 Å². The summed E-state index contributed by atoms with van der Waals surface area (Å²) in [6.45, 7) is 0. The minimum atomic E-state index is -5.09. The summed E-state index contributed by atoms with van der Waals surface area (Å²) in [5.74, 6) is -5.51. The predicted molar refractivity (Wildman–Crippen MR) is 40.3 cm³/mol. The van der Waals surface area contributed by atoms with E-state index in [9.17, 15) is 28.1 Å². The molecule has 0 radical (unpaired) electrons. The first kappa shape index (κ1) is 11.2. The first-order chi connectivity index (χ1) is 6.75. The van der Waals surface area contributed by atoms with Crippen LogP contribution in [-0.2, 0) is 4.79 Å². The van der Waals surface area contributed by atoms with Gasteiger partial charge >= 0.3 is 11.9 Å². The highest BCUT2D eigenvalue weighted by molar-refractivity contribution is 5.95. The Balaban J connectivity index is 3.30. The standard InChI is InChI=1S/C7H4F3NO4/c8-7(9,10)5-3(12)1-2-4(13)6(5)11(14)15/h1-2,5,13H. The van der Waals surface area contributed by atoms with Crippen LogP contribution >= 0.6 is 0 Å². The van der Waals surface area contributed by atoms with E-state index in [1.165, 1.54) is 0 Å². The van der Waals surface area contributed by atoms with Crippen LogP contribution in [0.15, 0.2) is 23.6 Å². The summed E-state index contributed by atoms with van der Waals surface area (Å²) in [5.41, 5.74) is -1.53. The van der Waals surface area contributed by atoms with Gasteiger partial charge in [0.1, 0.15) is 0 Å². The van der Waals surface area contributed by atoms with E-state index >= 15 is 0 Å². The van der Waals surface area contributed by atoms with Crippen molar-refractivity contribution in [2.45, 2.75) is 6.18 Å². The summed E-state index contributed by atoms with van der Waals surface area (Å²) in [4.78, 5) is 19.7. The fourth-order valence-corrected chi connectivity index (χ4v) is 1.14. The summed E-state index contributed by atoms with van der Waals surface area (Å²) in [5, 5.41) is 19.2. The number of hydrogen-bond acceptors (Lipinski definition) is 4. The number of hydrogen-bond donors (Lipinski definition) is 1. The highest BCUT2D eigenvalue weighted by Crippen LogP contribution is 2.36. The zero-order chi connectivity index (χ0) is 11.8. The van der Waals surface area contributed by atoms with E-state index in [-0.39, 0.29) is 0 Å². The van der Waals surface area contributed by atoms with Crippen LogP contribution in [0.25, 0.3) is 0 Å². The number of aliphatic hydroxyl groups excluding tert-OH is 1. The van der Waals surface area contributed by atoms with Crippen LogP contribution < -0.4 is 0 Å². The van der Waals surface area contributed by atoms with Crippen molar-refractivity contribution in [1.29, 1.82) is 0 Å². The maximum atomic E-state index is 12.3. The smallest absolute Gasteiger partial charge is 0.409 e. The average Bonchev–Trinajstić information content (AvgIpc) is 2.05. The molecule has 0 aromatic carbocycles. The molecule has 1 aliphatic carbocycles. The van der Waals surface area contributed by atoms with Gasteiger partial charge in [0.15, 0.2) is 11.5 Å². The molecule has 1 atom stereocenters. The van der Waals surface area contributed by atoms with E-state index in [1.54, 1.807) is 0 Å². The minimum Gasteiger partial charge on any atom is -0.502 e. The molecule has 1 N–H and O–H groups in total. The van der Waals surface area contributed by atoms with Crippen LogP contribution in [0.2, 0.25) is 0 Å². The summed E-state index contributed by atoms with van der Waals surface area (Å²) < 4.78 is 36.8. The van der Waals surface area contributed by atoms with E-state index in [2.05, 4.69) is 0 Å². The van der Waals surface area contributed by atoms with Crippen molar-refractivity contribution < 1.29 is 28.0 Å². The molecule has 0 saturated heterocycles. The number of aliphatic hydroxyl groups is 1. The van der Waals surface area contributed by atoms with Crippen molar-refractivity contribution in [2.24, 2.45) is 5.92 Å². The molecule has 8 heteroatoms. The van der Waals surface area contributed by atoms with Crippen LogP contribution in [-0.4, -0.2) is 22.0 Å². The maximum Gasteiger partial charge on any atom is 0.409 e. The Morgan fingerprint density at radius 3 is 2.27 bits per heavy atom. The molecule has 0 saturated carbocycles. The van der Waals surface area contributed by atoms with E-state index in [0.29, 0.717) is 12.2 Å². The number of ketones is 1. The molecule has 0 aromatic heterocycles. The molecule has 0 bridgehead atoms. The van der Waals surface area contributed by atoms with Gasteiger partial charge in [-0.1, -0.05) is 0 Å². The van der Waals surface area contributed by atoms with Gasteiger partial charge in [0.05, 0.1) is 4.92 Å². The number of carbonyl (C=O) groups is 1. The summed E-state index contributed by atoms with van der Waals surface area (Å²) in [6, 6.07) is 0. The second kappa shape index (κ2) is 3.37. The molecule has 1 unspecified atom stereocenters. The van der Waals surface area contributed by atoms with Gasteiger partial charge in [0.2, 0.25) is 5.92 Å². The Labute approximate surface area is 80.6 Å². The third kappa shape index (κ3) is 1.97. The van der Waals surface area contributed by atoms with Crippen molar-refractivity contribution in [3.05, 3.63) is 33.7 Å². The van der Waals surface area contributed by atoms with E-state index in [4.69, 9.17) is 5.11 Å². The normalized spacial score (nSPS) is 22.1. The van der Waals surface area contributed by atoms with Crippen LogP contribution in [0, 0.1) is 16.0 Å². The summed E-state index contributed by atoms with van der Waals surface area (Å²) in [7, 11) is 0. The number of alkyl halides is 3. The number of nitro groups is 1. The fourth-order valence-electron chi connectivity index (χ4n) is 1.14. The fraction of sp³-hybridized carbons (Fsp3) is 0.286. The molecule has 0 spiro atoms. The SMILES string of the molecule is O=C1C=CC(O)=C([N+](=O)[O-])C1C(F)(F)F. The minimum absolute atomic E-state index is 0.459. The molecular weight excluding hydrogens is 219 g/mol. The van der Waals surface area contributed by atoms with Crippen molar-refractivity contribution in [2.75, 3.05) is 0 Å². The van der Waals surface area contributed by atoms with Gasteiger partial charge in [0.25, 0.3) is 0 Å². The van der Waals surface area contributed by atoms with Crippen LogP contribution in [0.5, 0.6) is 0 Å². The topological polar surface area (TPSA) is 80.4 Å². The zero-order valence-corrected chi connectivity index (χ0v) is 6.99. The zero-order valence-electron chi connectivity index (χ0n) is 6.99. The molecule has 15 heavy (non-hydrogen) atoms. The first-order valence-corrected chi connectivity index (χ1v) is 3.61. The van der Waals surface area contributed by atoms with Gasteiger partial charge in [-0.05, 0) is 12.2 Å². The summed E-state index contributed by atoms with van der Waals surface area (Å²) >= 11 is 0. The van der Waals surface area contributed by atoms with Crippen LogP contribution in [0.3, 0.4) is 0 Å². The molecule has 0 heterocycles. The van der Waals surface area contributed by atoms with E-state index in [1.807, 2.05) is 0 Å². The Bertz CT molecular complexity index is 382. The molecule has 5 nitrogen and oxygen atoms in total. The Morgan fingerprint density at radius 1 is 1.40 bits per heavy atom. The van der Waals surface area contributed by atoms with E-state index < -0.39 is 34.3 Å². The van der Waals surface area contributed by atoms with Gasteiger partial charge in [-0.15, -0.1) is 0 Å². The lowest BCUT2D eigenvalue weighted by Crippen LogP contribution is -2.36. The van der Waals surface area contributed by atoms with Crippen molar-refractivity contribution in [3.63, 3.8) is 0 Å². The second-order valence-electron chi connectivity index (χ2n) is 2.74. The maximum absolute atomic E-state index is 12.3. The molecule has 1 aliphatic rings. The third-order valence-corrected chi connectivity index (χ3v) is 1.75. The number of nitrogens with zero attached hydrogens (tertiary/aromatic N) is 1. The first-order valence-electron chi connectivity index (χ1n) is 3.61. The summed E-state index contributed by atoms with van der Waals surface area (Å²) in [6.07, 6.45) is -4.05. The predicted octanol–water partition coefficient (Wildman–Crippen LogP) is 1.35. The van der Waals surface area contributed by atoms with Gasteiger partial charge in [-0.25, -0.2) is 0 Å². The monoisotopic (exact) mass is 223 g/mol. The quantitative estimate of drug-likeness (QED) is 0.537. The molecule has 82 valence electrons. The van der Waals surface area contributed by atoms with Crippen LogP contribution in [0.1, 0.15) is 0 Å². The lowest BCUT2D eigenvalue weighted by molar-refractivity contribution is -0.442.